The molecule has 0 amide bonds. The standard InChI is InChI=1S/C19H26N2O3S/c1-22-15-12-14(13-16(23-2)19(15)24-3)18(17-6-4-11-25-17)21-9-5-7-20-8-10-21/h4,6,11-13,18,20H,5,7-10H2,1-3H3. The first-order chi connectivity index (χ1) is 12.3. The summed E-state index contributed by atoms with van der Waals surface area (Å²) in [6.07, 6.45) is 1.15. The Morgan fingerprint density at radius 2 is 1.80 bits per heavy atom. The third-order valence-electron chi connectivity index (χ3n) is 4.56. The molecule has 3 rings (SSSR count). The monoisotopic (exact) mass is 362 g/mol. The van der Waals surface area contributed by atoms with Gasteiger partial charge in [0.15, 0.2) is 11.5 Å². The van der Waals surface area contributed by atoms with E-state index >= 15 is 0 Å². The molecule has 1 aliphatic heterocycles. The molecule has 1 atom stereocenters. The molecule has 0 radical (unpaired) electrons. The SMILES string of the molecule is COc1cc(C(c2cccs2)N2CCCNCC2)cc(OC)c1OC. The smallest absolute Gasteiger partial charge is 0.203 e. The predicted octanol–water partition coefficient (Wildman–Crippen LogP) is 3.16. The van der Waals surface area contributed by atoms with Crippen LogP contribution in [0.3, 0.4) is 0 Å². The van der Waals surface area contributed by atoms with E-state index in [9.17, 15) is 0 Å². The van der Waals surface area contributed by atoms with Crippen LogP contribution in [0, 0.1) is 0 Å². The maximum Gasteiger partial charge on any atom is 0.203 e. The molecule has 1 fully saturated rings. The summed E-state index contributed by atoms with van der Waals surface area (Å²) in [4.78, 5) is 3.86. The van der Waals surface area contributed by atoms with Gasteiger partial charge in [0.25, 0.3) is 0 Å². The Bertz CT molecular complexity index is 642. The number of hydrogen-bond donors (Lipinski definition) is 1. The molecule has 6 heteroatoms. The lowest BCUT2D eigenvalue weighted by Crippen LogP contribution is -2.32. The third kappa shape index (κ3) is 3.92. The zero-order valence-electron chi connectivity index (χ0n) is 15.1. The van der Waals surface area contributed by atoms with Crippen LogP contribution in [0.15, 0.2) is 29.6 Å². The molecule has 2 aromatic rings. The minimum atomic E-state index is 0.189. The lowest BCUT2D eigenvalue weighted by atomic mass is 10.0. The highest BCUT2D eigenvalue weighted by atomic mass is 32.1. The van der Waals surface area contributed by atoms with Crippen LogP contribution in [-0.4, -0.2) is 52.4 Å². The summed E-state index contributed by atoms with van der Waals surface area (Å²) in [7, 11) is 4.96. The molecule has 0 bridgehead atoms. The van der Waals surface area contributed by atoms with E-state index in [1.807, 2.05) is 0 Å². The maximum absolute atomic E-state index is 5.57. The molecular formula is C19H26N2O3S. The largest absolute Gasteiger partial charge is 0.493 e. The summed E-state index contributed by atoms with van der Waals surface area (Å²) in [5.41, 5.74) is 1.17. The first-order valence-electron chi connectivity index (χ1n) is 8.56. The summed E-state index contributed by atoms with van der Waals surface area (Å²) in [6.45, 7) is 4.15. The van der Waals surface area contributed by atoms with Gasteiger partial charge in [0, 0.05) is 24.5 Å². The van der Waals surface area contributed by atoms with Gasteiger partial charge in [0.05, 0.1) is 27.4 Å². The number of hydrogen-bond acceptors (Lipinski definition) is 6. The summed E-state index contributed by atoms with van der Waals surface area (Å²) in [5, 5.41) is 5.62. The van der Waals surface area contributed by atoms with E-state index in [4.69, 9.17) is 14.2 Å². The van der Waals surface area contributed by atoms with Crippen molar-refractivity contribution in [2.75, 3.05) is 47.5 Å². The molecule has 1 aromatic carbocycles. The molecular weight excluding hydrogens is 336 g/mol. The second kappa shape index (κ2) is 8.56. The highest BCUT2D eigenvalue weighted by molar-refractivity contribution is 7.10. The van der Waals surface area contributed by atoms with Crippen molar-refractivity contribution in [2.24, 2.45) is 0 Å². The zero-order chi connectivity index (χ0) is 17.6. The molecule has 0 aliphatic carbocycles. The summed E-state index contributed by atoms with van der Waals surface area (Å²) in [6, 6.07) is 8.65. The lowest BCUT2D eigenvalue weighted by Gasteiger charge is -2.31. The van der Waals surface area contributed by atoms with Crippen LogP contribution in [-0.2, 0) is 0 Å². The number of rotatable bonds is 6. The molecule has 2 heterocycles. The molecule has 0 saturated carbocycles. The van der Waals surface area contributed by atoms with Crippen molar-refractivity contribution in [3.8, 4) is 17.2 Å². The first-order valence-corrected chi connectivity index (χ1v) is 9.44. The second-order valence-corrected chi connectivity index (χ2v) is 7.00. The Hall–Kier alpha value is -1.76. The average Bonchev–Trinajstić information content (AvgIpc) is 3.03. The summed E-state index contributed by atoms with van der Waals surface area (Å²) >= 11 is 1.79. The van der Waals surface area contributed by atoms with E-state index < -0.39 is 0 Å². The van der Waals surface area contributed by atoms with E-state index in [0.29, 0.717) is 17.2 Å². The number of thiophene rings is 1. The Balaban J connectivity index is 2.06. The minimum absolute atomic E-state index is 0.189. The molecule has 136 valence electrons. The fourth-order valence-corrected chi connectivity index (χ4v) is 4.27. The Morgan fingerprint density at radius 3 is 2.40 bits per heavy atom. The van der Waals surface area contributed by atoms with Gasteiger partial charge in [-0.2, -0.15) is 0 Å². The van der Waals surface area contributed by atoms with Gasteiger partial charge >= 0.3 is 0 Å². The van der Waals surface area contributed by atoms with Crippen LogP contribution in [0.25, 0.3) is 0 Å². The average molecular weight is 362 g/mol. The van der Waals surface area contributed by atoms with Crippen molar-refractivity contribution in [1.29, 1.82) is 0 Å². The van der Waals surface area contributed by atoms with E-state index in [1.165, 1.54) is 10.4 Å². The molecule has 1 aliphatic rings. The van der Waals surface area contributed by atoms with Crippen molar-refractivity contribution in [2.45, 2.75) is 12.5 Å². The Morgan fingerprint density at radius 1 is 1.04 bits per heavy atom. The van der Waals surface area contributed by atoms with E-state index in [-0.39, 0.29) is 6.04 Å². The van der Waals surface area contributed by atoms with Crippen LogP contribution in [0.1, 0.15) is 22.9 Å². The van der Waals surface area contributed by atoms with Crippen LogP contribution < -0.4 is 19.5 Å². The highest BCUT2D eigenvalue weighted by Crippen LogP contribution is 2.42. The fourth-order valence-electron chi connectivity index (χ4n) is 3.39. The number of methoxy groups -OCH3 is 3. The minimum Gasteiger partial charge on any atom is -0.493 e. The zero-order valence-corrected chi connectivity index (χ0v) is 15.9. The topological polar surface area (TPSA) is 43.0 Å². The van der Waals surface area contributed by atoms with Gasteiger partial charge in [-0.1, -0.05) is 6.07 Å². The van der Waals surface area contributed by atoms with Crippen LogP contribution in [0.5, 0.6) is 17.2 Å². The highest BCUT2D eigenvalue weighted by Gasteiger charge is 2.26. The van der Waals surface area contributed by atoms with Gasteiger partial charge in [-0.15, -0.1) is 11.3 Å². The van der Waals surface area contributed by atoms with Crippen molar-refractivity contribution in [3.63, 3.8) is 0 Å². The van der Waals surface area contributed by atoms with Crippen molar-refractivity contribution in [1.82, 2.24) is 10.2 Å². The van der Waals surface area contributed by atoms with Crippen molar-refractivity contribution >= 4 is 11.3 Å². The van der Waals surface area contributed by atoms with Gasteiger partial charge in [-0.3, -0.25) is 4.90 Å². The van der Waals surface area contributed by atoms with E-state index in [2.05, 4.69) is 39.9 Å². The Labute approximate surface area is 153 Å². The molecule has 1 unspecified atom stereocenters. The number of ether oxygens (including phenoxy) is 3. The van der Waals surface area contributed by atoms with Crippen LogP contribution >= 0.6 is 11.3 Å². The van der Waals surface area contributed by atoms with E-state index in [1.54, 1.807) is 32.7 Å². The van der Waals surface area contributed by atoms with Gasteiger partial charge in [-0.25, -0.2) is 0 Å². The van der Waals surface area contributed by atoms with Crippen molar-refractivity contribution < 1.29 is 14.2 Å². The number of benzene rings is 1. The van der Waals surface area contributed by atoms with E-state index in [0.717, 1.165) is 32.6 Å². The first kappa shape index (κ1) is 18.0. The fraction of sp³-hybridized carbons (Fsp3) is 0.474. The third-order valence-corrected chi connectivity index (χ3v) is 5.48. The molecule has 1 aromatic heterocycles. The molecule has 5 nitrogen and oxygen atoms in total. The van der Waals surface area contributed by atoms with Gasteiger partial charge in [-0.05, 0) is 42.1 Å². The molecule has 1 N–H and O–H groups in total. The normalized spacial score (nSPS) is 16.9. The van der Waals surface area contributed by atoms with Gasteiger partial charge in [0.2, 0.25) is 5.75 Å². The van der Waals surface area contributed by atoms with Crippen molar-refractivity contribution in [3.05, 3.63) is 40.1 Å². The second-order valence-electron chi connectivity index (χ2n) is 6.02. The summed E-state index contributed by atoms with van der Waals surface area (Å²) < 4.78 is 16.6. The maximum atomic E-state index is 5.57. The lowest BCUT2D eigenvalue weighted by molar-refractivity contribution is 0.242. The van der Waals surface area contributed by atoms with Gasteiger partial charge < -0.3 is 19.5 Å². The number of nitrogens with zero attached hydrogens (tertiary/aromatic N) is 1. The number of nitrogens with one attached hydrogen (secondary N) is 1. The molecule has 0 spiro atoms. The summed E-state index contributed by atoms with van der Waals surface area (Å²) in [5.74, 6) is 2.04. The quantitative estimate of drug-likeness (QED) is 0.855. The van der Waals surface area contributed by atoms with Crippen LogP contribution in [0.4, 0.5) is 0 Å². The van der Waals surface area contributed by atoms with Crippen LogP contribution in [0.2, 0.25) is 0 Å². The molecule has 1 saturated heterocycles. The predicted molar refractivity (Wildman–Crippen MR) is 101 cm³/mol. The van der Waals surface area contributed by atoms with Gasteiger partial charge in [0.1, 0.15) is 0 Å². The Kier molecular flexibility index (Phi) is 6.18. The molecule has 25 heavy (non-hydrogen) atoms.